The van der Waals surface area contributed by atoms with Crippen LogP contribution in [0.1, 0.15) is 11.1 Å². The van der Waals surface area contributed by atoms with Gasteiger partial charge in [-0.3, -0.25) is 4.79 Å². The molecule has 0 aromatic heterocycles. The SMILES string of the molecule is COC(=O)[C@H]1Cc2ccccc2CN1C(=O)COC(=O)COc1ccccc1F. The molecule has 1 aliphatic heterocycles. The van der Waals surface area contributed by atoms with Crippen molar-refractivity contribution in [2.45, 2.75) is 19.0 Å². The summed E-state index contributed by atoms with van der Waals surface area (Å²) in [5.74, 6) is -2.59. The predicted octanol–water partition coefficient (Wildman–Crippen LogP) is 1.87. The smallest absolute Gasteiger partial charge is 0.344 e. The van der Waals surface area contributed by atoms with Crippen molar-refractivity contribution in [1.29, 1.82) is 0 Å². The normalized spacial score (nSPS) is 15.2. The van der Waals surface area contributed by atoms with Gasteiger partial charge in [0.05, 0.1) is 7.11 Å². The number of carbonyl (C=O) groups is 3. The number of fused-ring (bicyclic) bond motifs is 1. The zero-order chi connectivity index (χ0) is 20.8. The molecule has 8 heteroatoms. The van der Waals surface area contributed by atoms with Crippen molar-refractivity contribution in [2.75, 3.05) is 20.3 Å². The number of halogens is 1. The molecule has 1 amide bonds. The van der Waals surface area contributed by atoms with E-state index in [0.717, 1.165) is 11.1 Å². The Balaban J connectivity index is 1.59. The molecule has 0 N–H and O–H groups in total. The summed E-state index contributed by atoms with van der Waals surface area (Å²) in [5.41, 5.74) is 1.87. The lowest BCUT2D eigenvalue weighted by atomic mass is 9.94. The van der Waals surface area contributed by atoms with Crippen molar-refractivity contribution >= 4 is 17.8 Å². The lowest BCUT2D eigenvalue weighted by molar-refractivity contribution is -0.160. The van der Waals surface area contributed by atoms with Gasteiger partial charge in [-0.05, 0) is 23.3 Å². The van der Waals surface area contributed by atoms with E-state index in [0.29, 0.717) is 6.42 Å². The van der Waals surface area contributed by atoms with Gasteiger partial charge >= 0.3 is 11.9 Å². The van der Waals surface area contributed by atoms with E-state index in [1.54, 1.807) is 6.07 Å². The minimum Gasteiger partial charge on any atom is -0.479 e. The number of carbonyl (C=O) groups excluding carboxylic acids is 3. The Labute approximate surface area is 167 Å². The summed E-state index contributed by atoms with van der Waals surface area (Å²) in [7, 11) is 1.26. The van der Waals surface area contributed by atoms with Crippen molar-refractivity contribution in [3.63, 3.8) is 0 Å². The summed E-state index contributed by atoms with van der Waals surface area (Å²) in [6.45, 7) is -0.898. The molecule has 2 aromatic carbocycles. The second kappa shape index (κ2) is 9.18. The Morgan fingerprint density at radius 3 is 2.45 bits per heavy atom. The number of benzene rings is 2. The molecule has 0 aliphatic carbocycles. The Hall–Kier alpha value is -3.42. The maximum Gasteiger partial charge on any atom is 0.344 e. The lowest BCUT2D eigenvalue weighted by Crippen LogP contribution is -2.50. The van der Waals surface area contributed by atoms with Gasteiger partial charge in [-0.25, -0.2) is 14.0 Å². The second-order valence-electron chi connectivity index (χ2n) is 6.41. The van der Waals surface area contributed by atoms with Crippen LogP contribution in [0.5, 0.6) is 5.75 Å². The largest absolute Gasteiger partial charge is 0.479 e. The third-order valence-electron chi connectivity index (χ3n) is 4.58. The first-order chi connectivity index (χ1) is 14.0. The molecule has 152 valence electrons. The molecule has 0 radical (unpaired) electrons. The molecule has 0 bridgehead atoms. The number of para-hydroxylation sites is 1. The number of methoxy groups -OCH3 is 1. The fraction of sp³-hybridized carbons (Fsp3) is 0.286. The van der Waals surface area contributed by atoms with Crippen LogP contribution in [-0.2, 0) is 36.8 Å². The highest BCUT2D eigenvalue weighted by molar-refractivity contribution is 5.87. The highest BCUT2D eigenvalue weighted by Crippen LogP contribution is 2.24. The highest BCUT2D eigenvalue weighted by Gasteiger charge is 2.35. The summed E-state index contributed by atoms with van der Waals surface area (Å²) < 4.78 is 28.3. The minimum atomic E-state index is -0.825. The molecule has 0 fully saturated rings. The van der Waals surface area contributed by atoms with Crippen LogP contribution in [0, 0.1) is 5.82 Å². The lowest BCUT2D eigenvalue weighted by Gasteiger charge is -2.35. The molecule has 1 heterocycles. The van der Waals surface area contributed by atoms with Gasteiger partial charge in [0.25, 0.3) is 5.91 Å². The van der Waals surface area contributed by atoms with Gasteiger partial charge in [-0.2, -0.15) is 0 Å². The fourth-order valence-electron chi connectivity index (χ4n) is 3.10. The summed E-state index contributed by atoms with van der Waals surface area (Å²) in [6.07, 6.45) is 0.318. The minimum absolute atomic E-state index is 0.0887. The third-order valence-corrected chi connectivity index (χ3v) is 4.58. The van der Waals surface area contributed by atoms with Gasteiger partial charge in [0, 0.05) is 13.0 Å². The monoisotopic (exact) mass is 401 g/mol. The Bertz CT molecular complexity index is 916. The molecule has 3 rings (SSSR count). The Morgan fingerprint density at radius 2 is 1.72 bits per heavy atom. The number of ether oxygens (including phenoxy) is 3. The summed E-state index contributed by atoms with van der Waals surface area (Å²) in [5, 5.41) is 0. The van der Waals surface area contributed by atoms with Crippen LogP contribution in [0.2, 0.25) is 0 Å². The van der Waals surface area contributed by atoms with Crippen LogP contribution in [0.4, 0.5) is 4.39 Å². The Morgan fingerprint density at radius 1 is 1.03 bits per heavy atom. The fourth-order valence-corrected chi connectivity index (χ4v) is 3.10. The molecule has 0 unspecified atom stereocenters. The average Bonchev–Trinajstić information content (AvgIpc) is 2.75. The zero-order valence-electron chi connectivity index (χ0n) is 15.8. The average molecular weight is 401 g/mol. The summed E-state index contributed by atoms with van der Waals surface area (Å²) in [4.78, 5) is 37.9. The van der Waals surface area contributed by atoms with E-state index in [1.165, 1.54) is 30.2 Å². The first-order valence-electron chi connectivity index (χ1n) is 8.96. The number of amides is 1. The van der Waals surface area contributed by atoms with E-state index in [2.05, 4.69) is 0 Å². The van der Waals surface area contributed by atoms with Gasteiger partial charge in [0.2, 0.25) is 0 Å². The molecule has 1 aliphatic rings. The molecule has 2 aromatic rings. The number of rotatable bonds is 6. The molecule has 0 saturated carbocycles. The number of esters is 2. The van der Waals surface area contributed by atoms with Crippen LogP contribution >= 0.6 is 0 Å². The van der Waals surface area contributed by atoms with Gasteiger partial charge in [-0.15, -0.1) is 0 Å². The standard InChI is InChI=1S/C21H20FNO6/c1-27-21(26)17-10-14-6-2-3-7-15(14)11-23(17)19(24)12-29-20(25)13-28-18-9-5-4-8-16(18)22/h2-9,17H,10-13H2,1H3/t17-/m1/s1. The van der Waals surface area contributed by atoms with Crippen LogP contribution < -0.4 is 4.74 Å². The van der Waals surface area contributed by atoms with Crippen molar-refractivity contribution in [3.8, 4) is 5.75 Å². The first kappa shape index (κ1) is 20.3. The molecule has 7 nitrogen and oxygen atoms in total. The number of nitrogens with zero attached hydrogens (tertiary/aromatic N) is 1. The van der Waals surface area contributed by atoms with Crippen molar-refractivity contribution in [3.05, 3.63) is 65.5 Å². The molecule has 0 spiro atoms. The highest BCUT2D eigenvalue weighted by atomic mass is 19.1. The van der Waals surface area contributed by atoms with Gasteiger partial charge in [-0.1, -0.05) is 36.4 Å². The molecular weight excluding hydrogens is 381 g/mol. The van der Waals surface area contributed by atoms with Gasteiger partial charge in [0.15, 0.2) is 24.8 Å². The van der Waals surface area contributed by atoms with E-state index in [9.17, 15) is 18.8 Å². The topological polar surface area (TPSA) is 82.1 Å². The third kappa shape index (κ3) is 4.90. The summed E-state index contributed by atoms with van der Waals surface area (Å²) >= 11 is 0. The molecular formula is C21H20FNO6. The van der Waals surface area contributed by atoms with E-state index < -0.39 is 42.9 Å². The molecule has 0 saturated heterocycles. The van der Waals surface area contributed by atoms with Crippen LogP contribution in [0.3, 0.4) is 0 Å². The molecule has 29 heavy (non-hydrogen) atoms. The van der Waals surface area contributed by atoms with Gasteiger partial charge < -0.3 is 19.1 Å². The zero-order valence-corrected chi connectivity index (χ0v) is 15.8. The van der Waals surface area contributed by atoms with Crippen LogP contribution in [0.25, 0.3) is 0 Å². The van der Waals surface area contributed by atoms with Crippen LogP contribution in [0.15, 0.2) is 48.5 Å². The van der Waals surface area contributed by atoms with Crippen molar-refractivity contribution in [2.24, 2.45) is 0 Å². The van der Waals surface area contributed by atoms with Crippen molar-refractivity contribution in [1.82, 2.24) is 4.90 Å². The van der Waals surface area contributed by atoms with Crippen molar-refractivity contribution < 1.29 is 33.0 Å². The maximum absolute atomic E-state index is 13.5. The Kier molecular flexibility index (Phi) is 6.43. The van der Waals surface area contributed by atoms with E-state index in [1.807, 2.05) is 24.3 Å². The van der Waals surface area contributed by atoms with Crippen LogP contribution in [-0.4, -0.2) is 49.1 Å². The number of hydrogen-bond acceptors (Lipinski definition) is 6. The van der Waals surface area contributed by atoms with E-state index in [4.69, 9.17) is 14.2 Å². The molecule has 1 atom stereocenters. The summed E-state index contributed by atoms with van der Waals surface area (Å²) in [6, 6.07) is 12.3. The maximum atomic E-state index is 13.5. The first-order valence-corrected chi connectivity index (χ1v) is 8.96. The van der Waals surface area contributed by atoms with Gasteiger partial charge in [0.1, 0.15) is 6.04 Å². The number of hydrogen-bond donors (Lipinski definition) is 0. The predicted molar refractivity (Wildman–Crippen MR) is 99.4 cm³/mol. The second-order valence-corrected chi connectivity index (χ2v) is 6.41. The van der Waals surface area contributed by atoms with E-state index >= 15 is 0 Å². The van der Waals surface area contributed by atoms with E-state index in [-0.39, 0.29) is 12.3 Å². The quantitative estimate of drug-likeness (QED) is 0.688.